The zero-order valence-corrected chi connectivity index (χ0v) is 10.1. The number of alkyl halides is 1. The van der Waals surface area contributed by atoms with Gasteiger partial charge in [-0.3, -0.25) is 4.79 Å². The van der Waals surface area contributed by atoms with Crippen molar-refractivity contribution in [2.45, 2.75) is 26.7 Å². The number of nitrogens with one attached hydrogen (secondary N) is 1. The van der Waals surface area contributed by atoms with Crippen LogP contribution in [0.3, 0.4) is 0 Å². The maximum Gasteiger partial charge on any atom is 0.239 e. The first-order valence-electron chi connectivity index (χ1n) is 5.01. The Morgan fingerprint density at radius 3 is 2.60 bits per heavy atom. The molecule has 15 heavy (non-hydrogen) atoms. The first kappa shape index (κ1) is 12.1. The summed E-state index contributed by atoms with van der Waals surface area (Å²) in [4.78, 5) is 11.1. The second-order valence-corrected chi connectivity index (χ2v) is 4.18. The van der Waals surface area contributed by atoms with Crippen molar-refractivity contribution in [2.75, 3.05) is 11.2 Å². The van der Waals surface area contributed by atoms with Gasteiger partial charge in [-0.15, -0.1) is 11.6 Å². The molecule has 0 heterocycles. The van der Waals surface area contributed by atoms with Gasteiger partial charge in [0, 0.05) is 5.69 Å². The van der Waals surface area contributed by atoms with Crippen molar-refractivity contribution in [3.8, 4) is 0 Å². The third-order valence-corrected chi connectivity index (χ3v) is 2.56. The normalized spacial score (nSPS) is 10.5. The molecule has 1 aromatic carbocycles. The van der Waals surface area contributed by atoms with Gasteiger partial charge in [-0.25, -0.2) is 0 Å². The molecule has 0 atom stereocenters. The fourth-order valence-corrected chi connectivity index (χ4v) is 1.44. The Bertz CT molecular complexity index is 361. The van der Waals surface area contributed by atoms with E-state index in [0.717, 1.165) is 11.3 Å². The zero-order chi connectivity index (χ0) is 11.4. The van der Waals surface area contributed by atoms with Gasteiger partial charge in [-0.05, 0) is 30.0 Å². The SMILES string of the molecule is Cc1cc(C(C)C)ccc1NC(=O)CCl. The topological polar surface area (TPSA) is 29.1 Å². The van der Waals surface area contributed by atoms with Crippen LogP contribution in [0.5, 0.6) is 0 Å². The van der Waals surface area contributed by atoms with Crippen LogP contribution in [-0.2, 0) is 4.79 Å². The molecule has 0 aliphatic carbocycles. The summed E-state index contributed by atoms with van der Waals surface area (Å²) in [6, 6.07) is 6.05. The molecule has 0 unspecified atom stereocenters. The van der Waals surface area contributed by atoms with E-state index in [1.54, 1.807) is 0 Å². The number of carbonyl (C=O) groups is 1. The Labute approximate surface area is 95.6 Å². The predicted molar refractivity (Wildman–Crippen MR) is 64.6 cm³/mol. The lowest BCUT2D eigenvalue weighted by atomic mass is 10.0. The molecule has 3 heteroatoms. The number of hydrogen-bond acceptors (Lipinski definition) is 1. The van der Waals surface area contributed by atoms with Gasteiger partial charge in [0.2, 0.25) is 5.91 Å². The fourth-order valence-electron chi connectivity index (χ4n) is 1.37. The van der Waals surface area contributed by atoms with E-state index in [4.69, 9.17) is 11.6 Å². The zero-order valence-electron chi connectivity index (χ0n) is 9.30. The average Bonchev–Trinajstić information content (AvgIpc) is 2.20. The molecule has 82 valence electrons. The summed E-state index contributed by atoms with van der Waals surface area (Å²) in [6.07, 6.45) is 0. The molecule has 0 bridgehead atoms. The number of halogens is 1. The Hall–Kier alpha value is -1.02. The van der Waals surface area contributed by atoms with Crippen molar-refractivity contribution in [2.24, 2.45) is 0 Å². The minimum atomic E-state index is -0.169. The van der Waals surface area contributed by atoms with Crippen molar-refractivity contribution in [1.82, 2.24) is 0 Å². The van der Waals surface area contributed by atoms with Gasteiger partial charge in [0.05, 0.1) is 0 Å². The number of anilines is 1. The molecular formula is C12H16ClNO. The first-order chi connectivity index (χ1) is 7.04. The van der Waals surface area contributed by atoms with Crippen LogP contribution in [0.2, 0.25) is 0 Å². The summed E-state index contributed by atoms with van der Waals surface area (Å²) in [5.41, 5.74) is 3.18. The predicted octanol–water partition coefficient (Wildman–Crippen LogP) is 3.30. The highest BCUT2D eigenvalue weighted by Gasteiger charge is 2.05. The molecule has 1 N–H and O–H groups in total. The lowest BCUT2D eigenvalue weighted by molar-refractivity contribution is -0.113. The van der Waals surface area contributed by atoms with Gasteiger partial charge in [0.25, 0.3) is 0 Å². The first-order valence-corrected chi connectivity index (χ1v) is 5.54. The summed E-state index contributed by atoms with van der Waals surface area (Å²) >= 11 is 5.42. The standard InChI is InChI=1S/C12H16ClNO/c1-8(2)10-4-5-11(9(3)6-10)14-12(15)7-13/h4-6,8H,7H2,1-3H3,(H,14,15). The van der Waals surface area contributed by atoms with Crippen LogP contribution in [0.25, 0.3) is 0 Å². The number of amides is 1. The molecule has 2 nitrogen and oxygen atoms in total. The Morgan fingerprint density at radius 1 is 1.47 bits per heavy atom. The molecule has 1 amide bonds. The van der Waals surface area contributed by atoms with Crippen LogP contribution in [0.15, 0.2) is 18.2 Å². The lowest BCUT2D eigenvalue weighted by Gasteiger charge is -2.11. The molecule has 0 fully saturated rings. The minimum absolute atomic E-state index is 0.00856. The highest BCUT2D eigenvalue weighted by atomic mass is 35.5. The van der Waals surface area contributed by atoms with Crippen molar-refractivity contribution < 1.29 is 4.79 Å². The third-order valence-electron chi connectivity index (χ3n) is 2.31. The van der Waals surface area contributed by atoms with Crippen molar-refractivity contribution in [1.29, 1.82) is 0 Å². The van der Waals surface area contributed by atoms with E-state index in [1.165, 1.54) is 5.56 Å². The van der Waals surface area contributed by atoms with Gasteiger partial charge in [0.15, 0.2) is 0 Å². The average molecular weight is 226 g/mol. The van der Waals surface area contributed by atoms with Crippen LogP contribution >= 0.6 is 11.6 Å². The molecule has 0 spiro atoms. The number of benzene rings is 1. The number of aryl methyl sites for hydroxylation is 1. The van der Waals surface area contributed by atoms with E-state index in [2.05, 4.69) is 25.2 Å². The van der Waals surface area contributed by atoms with Crippen LogP contribution < -0.4 is 5.32 Å². The van der Waals surface area contributed by atoms with Crippen molar-refractivity contribution in [3.63, 3.8) is 0 Å². The molecular weight excluding hydrogens is 210 g/mol. The van der Waals surface area contributed by atoms with Crippen molar-refractivity contribution >= 4 is 23.2 Å². The summed E-state index contributed by atoms with van der Waals surface area (Å²) in [5.74, 6) is 0.323. The highest BCUT2D eigenvalue weighted by Crippen LogP contribution is 2.21. The smallest absolute Gasteiger partial charge is 0.239 e. The Balaban J connectivity index is 2.88. The van der Waals surface area contributed by atoms with Gasteiger partial charge in [-0.2, -0.15) is 0 Å². The molecule has 0 aromatic heterocycles. The van der Waals surface area contributed by atoms with E-state index >= 15 is 0 Å². The molecule has 1 rings (SSSR count). The van der Waals surface area contributed by atoms with Crippen LogP contribution in [0.4, 0.5) is 5.69 Å². The fraction of sp³-hybridized carbons (Fsp3) is 0.417. The molecule has 0 aliphatic rings. The van der Waals surface area contributed by atoms with Crippen LogP contribution in [-0.4, -0.2) is 11.8 Å². The largest absolute Gasteiger partial charge is 0.325 e. The minimum Gasteiger partial charge on any atom is -0.325 e. The van der Waals surface area contributed by atoms with Gasteiger partial charge < -0.3 is 5.32 Å². The van der Waals surface area contributed by atoms with E-state index in [-0.39, 0.29) is 11.8 Å². The molecule has 0 saturated heterocycles. The molecule has 0 saturated carbocycles. The Kier molecular flexibility index (Phi) is 4.15. The van der Waals surface area contributed by atoms with Gasteiger partial charge in [0.1, 0.15) is 5.88 Å². The van der Waals surface area contributed by atoms with E-state index in [1.807, 2.05) is 19.1 Å². The lowest BCUT2D eigenvalue weighted by Crippen LogP contribution is -2.13. The third kappa shape index (κ3) is 3.24. The number of carbonyl (C=O) groups excluding carboxylic acids is 1. The van der Waals surface area contributed by atoms with Crippen LogP contribution in [0, 0.1) is 6.92 Å². The second-order valence-electron chi connectivity index (χ2n) is 3.91. The maximum absolute atomic E-state index is 11.1. The summed E-state index contributed by atoms with van der Waals surface area (Å²) in [7, 11) is 0. The molecule has 0 radical (unpaired) electrons. The maximum atomic E-state index is 11.1. The summed E-state index contributed by atoms with van der Waals surface area (Å²) < 4.78 is 0. The highest BCUT2D eigenvalue weighted by molar-refractivity contribution is 6.29. The van der Waals surface area contributed by atoms with Crippen LogP contribution in [0.1, 0.15) is 30.9 Å². The van der Waals surface area contributed by atoms with E-state index < -0.39 is 0 Å². The van der Waals surface area contributed by atoms with Gasteiger partial charge in [-0.1, -0.05) is 26.0 Å². The molecule has 1 aromatic rings. The van der Waals surface area contributed by atoms with E-state index in [0.29, 0.717) is 5.92 Å². The monoisotopic (exact) mass is 225 g/mol. The number of hydrogen-bond donors (Lipinski definition) is 1. The van der Waals surface area contributed by atoms with Crippen molar-refractivity contribution in [3.05, 3.63) is 29.3 Å². The second kappa shape index (κ2) is 5.17. The quantitative estimate of drug-likeness (QED) is 0.786. The summed E-state index contributed by atoms with van der Waals surface area (Å²) in [6.45, 7) is 6.27. The summed E-state index contributed by atoms with van der Waals surface area (Å²) in [5, 5.41) is 2.76. The molecule has 0 aliphatic heterocycles. The number of rotatable bonds is 3. The van der Waals surface area contributed by atoms with Gasteiger partial charge >= 0.3 is 0 Å². The Morgan fingerprint density at radius 2 is 2.13 bits per heavy atom. The van der Waals surface area contributed by atoms with E-state index in [9.17, 15) is 4.79 Å².